The summed E-state index contributed by atoms with van der Waals surface area (Å²) >= 11 is 3.26. The third kappa shape index (κ3) is 2.02. The van der Waals surface area contributed by atoms with E-state index in [1.54, 1.807) is 21.0 Å². The van der Waals surface area contributed by atoms with Crippen molar-refractivity contribution in [3.05, 3.63) is 10.2 Å². The van der Waals surface area contributed by atoms with Gasteiger partial charge in [0.1, 0.15) is 6.07 Å². The number of aryl methyl sites for hydroxylation is 1. The van der Waals surface area contributed by atoms with E-state index < -0.39 is 0 Å². The molecular formula is C9H11BrN4O. The van der Waals surface area contributed by atoms with Crippen molar-refractivity contribution in [1.82, 2.24) is 9.78 Å². The molecule has 1 aromatic heterocycles. The second kappa shape index (κ2) is 4.45. The topological polar surface area (TPSA) is 61.9 Å². The number of halogens is 1. The molecule has 0 aliphatic heterocycles. The van der Waals surface area contributed by atoms with Crippen molar-refractivity contribution in [2.24, 2.45) is 7.05 Å². The van der Waals surface area contributed by atoms with Gasteiger partial charge in [-0.25, -0.2) is 0 Å². The first kappa shape index (κ1) is 11.7. The SMILES string of the molecule is CCC(=O)N(C)c1nn(C)c(C#N)c1Br. The fourth-order valence-corrected chi connectivity index (χ4v) is 1.87. The Morgan fingerprint density at radius 2 is 2.33 bits per heavy atom. The number of aromatic nitrogens is 2. The van der Waals surface area contributed by atoms with Crippen LogP contribution in [0.4, 0.5) is 5.82 Å². The van der Waals surface area contributed by atoms with Crippen molar-refractivity contribution in [1.29, 1.82) is 5.26 Å². The van der Waals surface area contributed by atoms with Crippen LogP contribution in [0.15, 0.2) is 4.47 Å². The van der Waals surface area contributed by atoms with Gasteiger partial charge in [0.05, 0.1) is 4.47 Å². The number of hydrogen-bond acceptors (Lipinski definition) is 3. The lowest BCUT2D eigenvalue weighted by Crippen LogP contribution is -2.25. The highest BCUT2D eigenvalue weighted by Crippen LogP contribution is 2.27. The molecule has 0 radical (unpaired) electrons. The predicted molar refractivity (Wildman–Crippen MR) is 59.3 cm³/mol. The Kier molecular flexibility index (Phi) is 3.48. The second-order valence-electron chi connectivity index (χ2n) is 3.03. The number of carbonyl (C=O) groups is 1. The zero-order valence-electron chi connectivity index (χ0n) is 8.78. The summed E-state index contributed by atoms with van der Waals surface area (Å²) in [6.45, 7) is 1.78. The summed E-state index contributed by atoms with van der Waals surface area (Å²) in [5.74, 6) is 0.430. The van der Waals surface area contributed by atoms with Gasteiger partial charge in [-0.3, -0.25) is 14.4 Å². The molecule has 0 aliphatic rings. The Labute approximate surface area is 96.4 Å². The minimum atomic E-state index is -0.0433. The van der Waals surface area contributed by atoms with Crippen LogP contribution in [0.2, 0.25) is 0 Å². The van der Waals surface area contributed by atoms with Gasteiger partial charge in [-0.1, -0.05) is 6.92 Å². The maximum Gasteiger partial charge on any atom is 0.227 e. The number of amides is 1. The van der Waals surface area contributed by atoms with Crippen LogP contribution in [0.3, 0.4) is 0 Å². The summed E-state index contributed by atoms with van der Waals surface area (Å²) in [5.41, 5.74) is 0.403. The maximum absolute atomic E-state index is 11.4. The van der Waals surface area contributed by atoms with Crippen LogP contribution < -0.4 is 4.90 Å². The monoisotopic (exact) mass is 270 g/mol. The Morgan fingerprint density at radius 3 is 2.73 bits per heavy atom. The molecular weight excluding hydrogens is 260 g/mol. The standard InChI is InChI=1S/C9H11BrN4O/c1-4-7(15)13(2)9-8(10)6(5-11)14(3)12-9/h4H2,1-3H3. The van der Waals surface area contributed by atoms with Crippen molar-refractivity contribution >= 4 is 27.7 Å². The van der Waals surface area contributed by atoms with E-state index in [9.17, 15) is 4.79 Å². The first-order valence-electron chi connectivity index (χ1n) is 4.42. The molecule has 0 aliphatic carbocycles. The second-order valence-corrected chi connectivity index (χ2v) is 3.82. The van der Waals surface area contributed by atoms with E-state index in [0.29, 0.717) is 22.4 Å². The van der Waals surface area contributed by atoms with Crippen molar-refractivity contribution in [3.63, 3.8) is 0 Å². The average Bonchev–Trinajstić information content (AvgIpc) is 2.51. The van der Waals surface area contributed by atoms with Crippen LogP contribution in [0.1, 0.15) is 19.0 Å². The molecule has 1 amide bonds. The fraction of sp³-hybridized carbons (Fsp3) is 0.444. The number of rotatable bonds is 2. The molecule has 0 atom stereocenters. The molecule has 15 heavy (non-hydrogen) atoms. The molecule has 80 valence electrons. The van der Waals surface area contributed by atoms with Crippen molar-refractivity contribution < 1.29 is 4.79 Å². The first-order valence-corrected chi connectivity index (χ1v) is 5.21. The highest BCUT2D eigenvalue weighted by atomic mass is 79.9. The van der Waals surface area contributed by atoms with Crippen LogP contribution >= 0.6 is 15.9 Å². The van der Waals surface area contributed by atoms with E-state index in [-0.39, 0.29) is 5.91 Å². The number of carbonyl (C=O) groups excluding carboxylic acids is 1. The predicted octanol–water partition coefficient (Wildman–Crippen LogP) is 1.43. The largest absolute Gasteiger partial charge is 0.297 e. The Hall–Kier alpha value is -1.35. The fourth-order valence-electron chi connectivity index (χ4n) is 1.17. The molecule has 0 spiro atoms. The maximum atomic E-state index is 11.4. The Bertz CT molecular complexity index is 432. The van der Waals surface area contributed by atoms with E-state index >= 15 is 0 Å². The van der Waals surface area contributed by atoms with Gasteiger partial charge in [-0.05, 0) is 15.9 Å². The smallest absolute Gasteiger partial charge is 0.227 e. The van der Waals surface area contributed by atoms with Crippen LogP contribution in [0.5, 0.6) is 0 Å². The van der Waals surface area contributed by atoms with Gasteiger partial charge in [0.25, 0.3) is 0 Å². The van der Waals surface area contributed by atoms with Gasteiger partial charge < -0.3 is 0 Å². The van der Waals surface area contributed by atoms with E-state index in [0.717, 1.165) is 0 Å². The molecule has 0 N–H and O–H groups in total. The van der Waals surface area contributed by atoms with Gasteiger partial charge in [0.15, 0.2) is 11.5 Å². The summed E-state index contributed by atoms with van der Waals surface area (Å²) in [7, 11) is 3.30. The van der Waals surface area contributed by atoms with Crippen LogP contribution in [0.25, 0.3) is 0 Å². The van der Waals surface area contributed by atoms with Gasteiger partial charge in [0, 0.05) is 20.5 Å². The Balaban J connectivity index is 3.17. The number of anilines is 1. The number of nitrogens with zero attached hydrogens (tertiary/aromatic N) is 4. The lowest BCUT2D eigenvalue weighted by molar-refractivity contribution is -0.118. The highest BCUT2D eigenvalue weighted by molar-refractivity contribution is 9.10. The molecule has 1 heterocycles. The summed E-state index contributed by atoms with van der Waals surface area (Å²) in [6, 6.07) is 2.01. The van der Waals surface area contributed by atoms with E-state index in [2.05, 4.69) is 21.0 Å². The summed E-state index contributed by atoms with van der Waals surface area (Å²) < 4.78 is 2.00. The van der Waals surface area contributed by atoms with E-state index in [4.69, 9.17) is 5.26 Å². The molecule has 0 fully saturated rings. The number of nitriles is 1. The molecule has 0 unspecified atom stereocenters. The molecule has 0 saturated heterocycles. The summed E-state index contributed by atoms with van der Waals surface area (Å²) in [5, 5.41) is 12.9. The van der Waals surface area contributed by atoms with Gasteiger partial charge in [-0.2, -0.15) is 10.4 Å². The molecule has 1 rings (SSSR count). The van der Waals surface area contributed by atoms with Crippen molar-refractivity contribution in [2.45, 2.75) is 13.3 Å². The minimum Gasteiger partial charge on any atom is -0.297 e. The Morgan fingerprint density at radius 1 is 1.73 bits per heavy atom. The van der Waals surface area contributed by atoms with E-state index in [1.165, 1.54) is 9.58 Å². The first-order chi connectivity index (χ1) is 7.02. The summed E-state index contributed by atoms with van der Waals surface area (Å²) in [6.07, 6.45) is 0.404. The van der Waals surface area contributed by atoms with Crippen LogP contribution in [-0.2, 0) is 11.8 Å². The van der Waals surface area contributed by atoms with Crippen LogP contribution in [-0.4, -0.2) is 22.7 Å². The van der Waals surface area contributed by atoms with Gasteiger partial charge in [0.2, 0.25) is 5.91 Å². The molecule has 6 heteroatoms. The zero-order valence-corrected chi connectivity index (χ0v) is 10.4. The molecule has 0 bridgehead atoms. The average molecular weight is 271 g/mol. The van der Waals surface area contributed by atoms with Gasteiger partial charge in [-0.15, -0.1) is 0 Å². The number of hydrogen-bond donors (Lipinski definition) is 0. The van der Waals surface area contributed by atoms with Crippen molar-refractivity contribution in [3.8, 4) is 6.07 Å². The molecule has 1 aromatic rings. The quantitative estimate of drug-likeness (QED) is 0.817. The zero-order chi connectivity index (χ0) is 11.6. The van der Waals surface area contributed by atoms with Crippen LogP contribution in [0, 0.1) is 11.3 Å². The summed E-state index contributed by atoms with van der Waals surface area (Å²) in [4.78, 5) is 12.9. The third-order valence-electron chi connectivity index (χ3n) is 2.07. The van der Waals surface area contributed by atoms with E-state index in [1.807, 2.05) is 6.07 Å². The minimum absolute atomic E-state index is 0.0433. The molecule has 0 aromatic carbocycles. The normalized spacial score (nSPS) is 9.80. The lowest BCUT2D eigenvalue weighted by atomic mass is 10.4. The van der Waals surface area contributed by atoms with Crippen molar-refractivity contribution in [2.75, 3.05) is 11.9 Å². The highest BCUT2D eigenvalue weighted by Gasteiger charge is 2.19. The lowest BCUT2D eigenvalue weighted by Gasteiger charge is -2.13. The van der Waals surface area contributed by atoms with Gasteiger partial charge >= 0.3 is 0 Å². The molecule has 0 saturated carbocycles. The molecule has 5 nitrogen and oxygen atoms in total. The third-order valence-corrected chi connectivity index (χ3v) is 2.80.